The summed E-state index contributed by atoms with van der Waals surface area (Å²) in [5.74, 6) is 0.514. The number of carbonyl (C=O) groups excluding carboxylic acids is 2. The van der Waals surface area contributed by atoms with Crippen LogP contribution in [-0.4, -0.2) is 82.9 Å². The average molecular weight is 332 g/mol. The topological polar surface area (TPSA) is 71.5 Å². The van der Waals surface area contributed by atoms with Gasteiger partial charge in [-0.1, -0.05) is 6.42 Å². The molecule has 24 heavy (non-hydrogen) atoms. The molecule has 3 amide bonds. The van der Waals surface area contributed by atoms with Crippen molar-refractivity contribution in [1.29, 1.82) is 0 Å². The number of piperidine rings is 1. The number of imide groups is 1. The second-order valence-corrected chi connectivity index (χ2v) is 6.92. The van der Waals surface area contributed by atoms with E-state index >= 15 is 0 Å². The summed E-state index contributed by atoms with van der Waals surface area (Å²) >= 11 is 0. The lowest BCUT2D eigenvalue weighted by Crippen LogP contribution is -2.62. The maximum atomic E-state index is 12.3. The SMILES string of the molecule is CC1=CN2C(=NC3C2C(=O)NC(=O)N3C)N1CCN1CCCCC1. The second kappa shape index (κ2) is 5.77. The zero-order chi connectivity index (χ0) is 16.8. The Hall–Kier alpha value is -2.09. The first-order valence-electron chi connectivity index (χ1n) is 8.68. The Morgan fingerprint density at radius 3 is 2.71 bits per heavy atom. The van der Waals surface area contributed by atoms with Crippen molar-refractivity contribution in [3.63, 3.8) is 0 Å². The zero-order valence-corrected chi connectivity index (χ0v) is 14.2. The fourth-order valence-corrected chi connectivity index (χ4v) is 3.95. The number of amides is 3. The number of allylic oxidation sites excluding steroid dienone is 1. The average Bonchev–Trinajstić information content (AvgIpc) is 3.07. The van der Waals surface area contributed by atoms with E-state index in [0.29, 0.717) is 0 Å². The molecule has 0 bridgehead atoms. The van der Waals surface area contributed by atoms with E-state index < -0.39 is 12.2 Å². The largest absolute Gasteiger partial charge is 0.325 e. The van der Waals surface area contributed by atoms with Crippen LogP contribution in [0.25, 0.3) is 0 Å². The Morgan fingerprint density at radius 1 is 1.21 bits per heavy atom. The zero-order valence-electron chi connectivity index (χ0n) is 14.2. The number of hydrogen-bond acceptors (Lipinski definition) is 6. The summed E-state index contributed by atoms with van der Waals surface area (Å²) in [7, 11) is 1.68. The molecule has 4 aliphatic heterocycles. The molecule has 1 N–H and O–H groups in total. The number of nitrogens with one attached hydrogen (secondary N) is 1. The van der Waals surface area contributed by atoms with Crippen LogP contribution in [-0.2, 0) is 4.79 Å². The van der Waals surface area contributed by atoms with Gasteiger partial charge in [0.25, 0.3) is 5.91 Å². The number of likely N-dealkylation sites (tertiary alicyclic amines) is 1. The first kappa shape index (κ1) is 15.4. The van der Waals surface area contributed by atoms with Crippen molar-refractivity contribution in [2.45, 2.75) is 38.4 Å². The molecule has 4 rings (SSSR count). The summed E-state index contributed by atoms with van der Waals surface area (Å²) in [5.41, 5.74) is 1.09. The quantitative estimate of drug-likeness (QED) is 0.799. The summed E-state index contributed by atoms with van der Waals surface area (Å²) in [4.78, 5) is 36.8. The number of hydrogen-bond donors (Lipinski definition) is 1. The first-order valence-corrected chi connectivity index (χ1v) is 8.68. The van der Waals surface area contributed by atoms with E-state index in [4.69, 9.17) is 4.99 Å². The highest BCUT2D eigenvalue weighted by Gasteiger charge is 2.51. The van der Waals surface area contributed by atoms with Crippen LogP contribution in [0, 0.1) is 0 Å². The Kier molecular flexibility index (Phi) is 3.71. The van der Waals surface area contributed by atoms with Crippen molar-refractivity contribution in [2.24, 2.45) is 4.99 Å². The molecule has 2 saturated heterocycles. The van der Waals surface area contributed by atoms with Crippen molar-refractivity contribution in [2.75, 3.05) is 33.2 Å². The maximum absolute atomic E-state index is 12.3. The molecular weight excluding hydrogens is 308 g/mol. The van der Waals surface area contributed by atoms with E-state index in [1.54, 1.807) is 7.05 Å². The second-order valence-electron chi connectivity index (χ2n) is 6.92. The number of fused-ring (bicyclic) bond motifs is 3. The van der Waals surface area contributed by atoms with Crippen LogP contribution in [0.5, 0.6) is 0 Å². The van der Waals surface area contributed by atoms with Crippen molar-refractivity contribution in [3.8, 4) is 0 Å². The van der Waals surface area contributed by atoms with E-state index in [0.717, 1.165) is 37.8 Å². The summed E-state index contributed by atoms with van der Waals surface area (Å²) in [6.07, 6.45) is 5.42. The molecular formula is C16H24N6O2. The molecule has 8 nitrogen and oxygen atoms in total. The number of carbonyl (C=O) groups is 2. The molecule has 0 aromatic heterocycles. The molecule has 0 aliphatic carbocycles. The van der Waals surface area contributed by atoms with Gasteiger partial charge in [-0.3, -0.25) is 10.1 Å². The van der Waals surface area contributed by atoms with Crippen molar-refractivity contribution in [3.05, 3.63) is 11.9 Å². The van der Waals surface area contributed by atoms with Crippen LogP contribution < -0.4 is 5.32 Å². The van der Waals surface area contributed by atoms with Gasteiger partial charge < -0.3 is 19.6 Å². The first-order chi connectivity index (χ1) is 11.6. The molecule has 130 valence electrons. The molecule has 0 aromatic carbocycles. The van der Waals surface area contributed by atoms with E-state index in [1.165, 1.54) is 24.2 Å². The molecule has 2 atom stereocenters. The number of nitrogens with zero attached hydrogens (tertiary/aromatic N) is 5. The number of urea groups is 1. The van der Waals surface area contributed by atoms with E-state index in [-0.39, 0.29) is 11.9 Å². The summed E-state index contributed by atoms with van der Waals surface area (Å²) in [5, 5.41) is 2.40. The lowest BCUT2D eigenvalue weighted by molar-refractivity contribution is -0.126. The summed E-state index contributed by atoms with van der Waals surface area (Å²) < 4.78 is 0. The van der Waals surface area contributed by atoms with Crippen molar-refractivity contribution >= 4 is 17.9 Å². The van der Waals surface area contributed by atoms with Gasteiger partial charge >= 0.3 is 6.03 Å². The molecule has 4 aliphatic rings. The van der Waals surface area contributed by atoms with Gasteiger partial charge in [0.1, 0.15) is 0 Å². The van der Waals surface area contributed by atoms with Gasteiger partial charge in [0, 0.05) is 32.0 Å². The highest BCUT2D eigenvalue weighted by molar-refractivity contribution is 6.04. The van der Waals surface area contributed by atoms with E-state index in [2.05, 4.69) is 15.1 Å². The van der Waals surface area contributed by atoms with Crippen LogP contribution in [0.1, 0.15) is 26.2 Å². The smallest absolute Gasteiger partial charge is 0.313 e. The lowest BCUT2D eigenvalue weighted by atomic mass is 10.1. The minimum absolute atomic E-state index is 0.274. The Balaban J connectivity index is 1.50. The molecule has 8 heteroatoms. The van der Waals surface area contributed by atoms with Gasteiger partial charge in [-0.15, -0.1) is 0 Å². The van der Waals surface area contributed by atoms with Crippen molar-refractivity contribution < 1.29 is 9.59 Å². The molecule has 0 saturated carbocycles. The van der Waals surface area contributed by atoms with E-state index in [9.17, 15) is 9.59 Å². The fourth-order valence-electron chi connectivity index (χ4n) is 3.95. The summed E-state index contributed by atoms with van der Waals surface area (Å²) in [6.45, 7) is 6.22. The number of rotatable bonds is 3. The van der Waals surface area contributed by atoms with Crippen LogP contribution in [0.3, 0.4) is 0 Å². The van der Waals surface area contributed by atoms with Gasteiger partial charge in [0.2, 0.25) is 5.96 Å². The highest BCUT2D eigenvalue weighted by atomic mass is 16.2. The fraction of sp³-hybridized carbons (Fsp3) is 0.688. The Morgan fingerprint density at radius 2 is 1.96 bits per heavy atom. The van der Waals surface area contributed by atoms with Gasteiger partial charge in [0.15, 0.2) is 12.2 Å². The third-order valence-electron chi connectivity index (χ3n) is 5.36. The van der Waals surface area contributed by atoms with Gasteiger partial charge in [0.05, 0.1) is 0 Å². The third kappa shape index (κ3) is 2.36. The number of likely N-dealkylation sites (N-methyl/N-ethyl adjacent to an activating group) is 1. The summed E-state index contributed by atoms with van der Waals surface area (Å²) in [6, 6.07) is -0.843. The van der Waals surface area contributed by atoms with Gasteiger partial charge in [-0.2, -0.15) is 0 Å². The van der Waals surface area contributed by atoms with E-state index in [1.807, 2.05) is 18.0 Å². The van der Waals surface area contributed by atoms with Crippen LogP contribution in [0.15, 0.2) is 16.9 Å². The Bertz CT molecular complexity index is 624. The highest BCUT2D eigenvalue weighted by Crippen LogP contribution is 2.31. The molecule has 2 fully saturated rings. The Labute approximate surface area is 141 Å². The van der Waals surface area contributed by atoms with Gasteiger partial charge in [-0.25, -0.2) is 9.79 Å². The minimum Gasteiger partial charge on any atom is -0.313 e. The normalized spacial score (nSPS) is 30.2. The molecule has 0 aromatic rings. The standard InChI is InChI=1S/C16H24N6O2/c1-11-10-22-12-13(19(2)16(24)18-14(12)23)17-15(22)21(11)9-8-20-6-4-3-5-7-20/h10,12-13H,3-9H2,1-2H3,(H,18,23,24). The molecule has 2 unspecified atom stereocenters. The lowest BCUT2D eigenvalue weighted by Gasteiger charge is -2.34. The molecule has 0 radical (unpaired) electrons. The van der Waals surface area contributed by atoms with Crippen LogP contribution in [0.4, 0.5) is 4.79 Å². The minimum atomic E-state index is -0.461. The van der Waals surface area contributed by atoms with Crippen molar-refractivity contribution in [1.82, 2.24) is 24.9 Å². The van der Waals surface area contributed by atoms with Gasteiger partial charge in [-0.05, 0) is 32.9 Å². The molecule has 4 heterocycles. The maximum Gasteiger partial charge on any atom is 0.325 e. The van der Waals surface area contributed by atoms with Crippen LogP contribution >= 0.6 is 0 Å². The predicted octanol–water partition coefficient (Wildman–Crippen LogP) is 0.197. The number of aliphatic imine (C=N–C) groups is 1. The monoisotopic (exact) mass is 332 g/mol. The molecule has 0 spiro atoms. The predicted molar refractivity (Wildman–Crippen MR) is 88.9 cm³/mol. The van der Waals surface area contributed by atoms with Crippen LogP contribution in [0.2, 0.25) is 0 Å². The third-order valence-corrected chi connectivity index (χ3v) is 5.36. The number of guanidine groups is 1.